The average molecular weight is 230 g/mol. The molecule has 0 radical (unpaired) electrons. The number of carbonyl (C=O) groups is 2. The van der Waals surface area contributed by atoms with Gasteiger partial charge in [-0.25, -0.2) is 4.79 Å². The lowest BCUT2D eigenvalue weighted by atomic mass is 10.0. The minimum atomic E-state index is -0.837. The van der Waals surface area contributed by atoms with Crippen LogP contribution in [0.4, 0.5) is 4.79 Å². The summed E-state index contributed by atoms with van der Waals surface area (Å²) in [5.74, 6) is -0.837. The van der Waals surface area contributed by atoms with Gasteiger partial charge in [0, 0.05) is 25.6 Å². The molecule has 5 heteroatoms. The van der Waals surface area contributed by atoms with Gasteiger partial charge in [0.05, 0.1) is 0 Å². The number of amides is 2. The van der Waals surface area contributed by atoms with Gasteiger partial charge in [0.25, 0.3) is 0 Å². The van der Waals surface area contributed by atoms with Crippen LogP contribution in [0.1, 0.15) is 40.0 Å². The number of nitrogens with zero attached hydrogens (tertiary/aromatic N) is 1. The first-order valence-corrected chi connectivity index (χ1v) is 5.54. The predicted octanol–water partition coefficient (Wildman–Crippen LogP) is 1.68. The number of hydrogen-bond acceptors (Lipinski definition) is 2. The summed E-state index contributed by atoms with van der Waals surface area (Å²) < 4.78 is 0. The molecule has 0 aromatic carbocycles. The maximum absolute atomic E-state index is 11.7. The van der Waals surface area contributed by atoms with E-state index >= 15 is 0 Å². The van der Waals surface area contributed by atoms with Gasteiger partial charge in [0.2, 0.25) is 0 Å². The van der Waals surface area contributed by atoms with Gasteiger partial charge in [0.15, 0.2) is 0 Å². The first kappa shape index (κ1) is 14.7. The Kier molecular flexibility index (Phi) is 5.85. The van der Waals surface area contributed by atoms with E-state index in [4.69, 9.17) is 5.11 Å². The zero-order chi connectivity index (χ0) is 12.8. The van der Waals surface area contributed by atoms with Crippen LogP contribution in [-0.2, 0) is 4.79 Å². The number of urea groups is 1. The molecule has 16 heavy (non-hydrogen) atoms. The third-order valence-electron chi connectivity index (χ3n) is 2.92. The number of aliphatic carboxylic acids is 1. The standard InChI is InChI=1S/C11H22N2O3/c1-5-11(2,3)13(4)10(16)12-8-6-7-9(14)15/h5-8H2,1-4H3,(H,12,16)(H,14,15). The molecular weight excluding hydrogens is 208 g/mol. The molecule has 0 spiro atoms. The molecule has 0 aromatic rings. The molecule has 0 rings (SSSR count). The largest absolute Gasteiger partial charge is 0.481 e. The molecule has 2 N–H and O–H groups in total. The smallest absolute Gasteiger partial charge is 0.317 e. The summed E-state index contributed by atoms with van der Waals surface area (Å²) in [5.41, 5.74) is -0.184. The summed E-state index contributed by atoms with van der Waals surface area (Å²) in [7, 11) is 1.75. The van der Waals surface area contributed by atoms with Crippen LogP contribution in [0.5, 0.6) is 0 Å². The van der Waals surface area contributed by atoms with Crippen LogP contribution in [0, 0.1) is 0 Å². The third kappa shape index (κ3) is 5.00. The number of hydrogen-bond donors (Lipinski definition) is 2. The van der Waals surface area contributed by atoms with E-state index in [-0.39, 0.29) is 18.0 Å². The fourth-order valence-electron chi connectivity index (χ4n) is 1.07. The van der Waals surface area contributed by atoms with Gasteiger partial charge in [-0.1, -0.05) is 6.92 Å². The first-order valence-electron chi connectivity index (χ1n) is 5.54. The van der Waals surface area contributed by atoms with E-state index in [9.17, 15) is 9.59 Å². The highest BCUT2D eigenvalue weighted by molar-refractivity contribution is 5.74. The van der Waals surface area contributed by atoms with Crippen molar-refractivity contribution in [2.45, 2.75) is 45.6 Å². The van der Waals surface area contributed by atoms with Gasteiger partial charge in [0.1, 0.15) is 0 Å². The zero-order valence-electron chi connectivity index (χ0n) is 10.5. The number of carboxylic acids is 1. The predicted molar refractivity (Wildman–Crippen MR) is 62.4 cm³/mol. The molecule has 0 saturated heterocycles. The van der Waals surface area contributed by atoms with Crippen LogP contribution in [0.3, 0.4) is 0 Å². The summed E-state index contributed by atoms with van der Waals surface area (Å²) in [4.78, 5) is 23.6. The van der Waals surface area contributed by atoms with Gasteiger partial charge in [-0.3, -0.25) is 4.79 Å². The van der Waals surface area contributed by atoms with Crippen LogP contribution < -0.4 is 5.32 Å². The van der Waals surface area contributed by atoms with Crippen LogP contribution in [-0.4, -0.2) is 41.1 Å². The molecular formula is C11H22N2O3. The summed E-state index contributed by atoms with van der Waals surface area (Å²) in [6, 6.07) is -0.155. The minimum absolute atomic E-state index is 0.0845. The molecule has 0 aliphatic carbocycles. The second kappa shape index (κ2) is 6.35. The van der Waals surface area contributed by atoms with Crippen LogP contribution >= 0.6 is 0 Å². The minimum Gasteiger partial charge on any atom is -0.481 e. The highest BCUT2D eigenvalue weighted by atomic mass is 16.4. The molecule has 0 bridgehead atoms. The average Bonchev–Trinajstić information content (AvgIpc) is 2.22. The van der Waals surface area contributed by atoms with Gasteiger partial charge in [-0.15, -0.1) is 0 Å². The Balaban J connectivity index is 3.93. The monoisotopic (exact) mass is 230 g/mol. The third-order valence-corrected chi connectivity index (χ3v) is 2.92. The van der Waals surface area contributed by atoms with Gasteiger partial charge >= 0.3 is 12.0 Å². The van der Waals surface area contributed by atoms with Crippen LogP contribution in [0.25, 0.3) is 0 Å². The summed E-state index contributed by atoms with van der Waals surface area (Å²) in [6.07, 6.45) is 1.41. The van der Waals surface area contributed by atoms with Crippen molar-refractivity contribution >= 4 is 12.0 Å². The molecule has 0 aliphatic heterocycles. The quantitative estimate of drug-likeness (QED) is 0.682. The molecule has 0 atom stereocenters. The molecule has 0 unspecified atom stereocenters. The van der Waals surface area contributed by atoms with E-state index in [1.54, 1.807) is 11.9 Å². The molecule has 0 saturated carbocycles. The van der Waals surface area contributed by atoms with E-state index in [0.29, 0.717) is 13.0 Å². The Morgan fingerprint density at radius 3 is 2.38 bits per heavy atom. The van der Waals surface area contributed by atoms with E-state index < -0.39 is 5.97 Å². The first-order chi connectivity index (χ1) is 7.31. The van der Waals surface area contributed by atoms with Crippen molar-refractivity contribution < 1.29 is 14.7 Å². The highest BCUT2D eigenvalue weighted by Crippen LogP contribution is 2.15. The molecule has 0 heterocycles. The topological polar surface area (TPSA) is 69.6 Å². The van der Waals surface area contributed by atoms with E-state index in [1.165, 1.54) is 0 Å². The number of carboxylic acid groups (broad SMARTS) is 1. The van der Waals surface area contributed by atoms with Crippen molar-refractivity contribution in [3.8, 4) is 0 Å². The second-order valence-electron chi connectivity index (χ2n) is 4.45. The highest BCUT2D eigenvalue weighted by Gasteiger charge is 2.25. The lowest BCUT2D eigenvalue weighted by molar-refractivity contribution is -0.137. The number of rotatable bonds is 6. The van der Waals surface area contributed by atoms with Gasteiger partial charge in [-0.05, 0) is 26.7 Å². The maximum Gasteiger partial charge on any atom is 0.317 e. The van der Waals surface area contributed by atoms with Crippen molar-refractivity contribution in [2.24, 2.45) is 0 Å². The molecule has 0 aliphatic rings. The number of carbonyl (C=O) groups excluding carboxylic acids is 1. The van der Waals surface area contributed by atoms with E-state index in [2.05, 4.69) is 5.32 Å². The van der Waals surface area contributed by atoms with E-state index in [1.807, 2.05) is 20.8 Å². The fourth-order valence-corrected chi connectivity index (χ4v) is 1.07. The van der Waals surface area contributed by atoms with Gasteiger partial charge in [-0.2, -0.15) is 0 Å². The van der Waals surface area contributed by atoms with Crippen molar-refractivity contribution in [2.75, 3.05) is 13.6 Å². The molecule has 5 nitrogen and oxygen atoms in total. The summed E-state index contributed by atoms with van der Waals surface area (Å²) >= 11 is 0. The SMILES string of the molecule is CCC(C)(C)N(C)C(=O)NCCCC(=O)O. The maximum atomic E-state index is 11.7. The number of nitrogens with one attached hydrogen (secondary N) is 1. The van der Waals surface area contributed by atoms with Crippen LogP contribution in [0.2, 0.25) is 0 Å². The van der Waals surface area contributed by atoms with Gasteiger partial charge < -0.3 is 15.3 Å². The Labute approximate surface area is 96.8 Å². The molecule has 2 amide bonds. The lowest BCUT2D eigenvalue weighted by Crippen LogP contribution is -2.49. The molecule has 94 valence electrons. The Bertz CT molecular complexity index is 252. The van der Waals surface area contributed by atoms with Crippen molar-refractivity contribution in [3.63, 3.8) is 0 Å². The lowest BCUT2D eigenvalue weighted by Gasteiger charge is -2.34. The Hall–Kier alpha value is -1.26. The van der Waals surface area contributed by atoms with Crippen molar-refractivity contribution in [1.29, 1.82) is 0 Å². The van der Waals surface area contributed by atoms with Crippen molar-refractivity contribution in [1.82, 2.24) is 10.2 Å². The zero-order valence-corrected chi connectivity index (χ0v) is 10.5. The van der Waals surface area contributed by atoms with Crippen molar-refractivity contribution in [3.05, 3.63) is 0 Å². The van der Waals surface area contributed by atoms with E-state index in [0.717, 1.165) is 6.42 Å². The fraction of sp³-hybridized carbons (Fsp3) is 0.818. The van der Waals surface area contributed by atoms with Crippen LogP contribution in [0.15, 0.2) is 0 Å². The molecule has 0 fully saturated rings. The Morgan fingerprint density at radius 2 is 1.94 bits per heavy atom. The summed E-state index contributed by atoms with van der Waals surface area (Å²) in [5, 5.41) is 11.1. The second-order valence-corrected chi connectivity index (χ2v) is 4.45. The summed E-state index contributed by atoms with van der Waals surface area (Å²) in [6.45, 7) is 6.40. The Morgan fingerprint density at radius 1 is 1.38 bits per heavy atom. The normalized spacial score (nSPS) is 11.0. The molecule has 0 aromatic heterocycles.